The topological polar surface area (TPSA) is 98.5 Å². The van der Waals surface area contributed by atoms with Gasteiger partial charge in [-0.3, -0.25) is 9.89 Å². The zero-order valence-corrected chi connectivity index (χ0v) is 11.5. The first-order valence-corrected chi connectivity index (χ1v) is 6.78. The van der Waals surface area contributed by atoms with E-state index in [1.807, 2.05) is 12.1 Å². The summed E-state index contributed by atoms with van der Waals surface area (Å²) in [5.41, 5.74) is 6.72. The average molecular weight is 287 g/mol. The molecule has 2 heterocycles. The second-order valence-electron chi connectivity index (χ2n) is 4.97. The van der Waals surface area contributed by atoms with E-state index < -0.39 is 0 Å². The summed E-state index contributed by atoms with van der Waals surface area (Å²) in [5, 5.41) is 16.3. The third kappa shape index (κ3) is 2.62. The van der Waals surface area contributed by atoms with Crippen molar-refractivity contribution in [2.24, 2.45) is 0 Å². The number of hydrogen-bond donors (Lipinski definition) is 3. The monoisotopic (exact) mass is 287 g/mol. The molecular formula is C14H17N5O2. The van der Waals surface area contributed by atoms with E-state index in [-0.39, 0.29) is 11.7 Å². The number of carbonyl (C=O) groups is 1. The number of rotatable bonds is 2. The first-order chi connectivity index (χ1) is 10.1. The highest BCUT2D eigenvalue weighted by Gasteiger charge is 2.24. The molecule has 0 unspecified atom stereocenters. The minimum atomic E-state index is -0.101. The van der Waals surface area contributed by atoms with E-state index in [1.165, 1.54) is 6.07 Å². The Balaban J connectivity index is 1.65. The lowest BCUT2D eigenvalue weighted by molar-refractivity contribution is 0.0741. The number of piperazine rings is 1. The van der Waals surface area contributed by atoms with Gasteiger partial charge in [0.05, 0.1) is 5.69 Å². The number of para-hydroxylation sites is 2. The number of aromatic hydroxyl groups is 1. The highest BCUT2D eigenvalue weighted by molar-refractivity contribution is 5.93. The molecule has 2 aromatic rings. The van der Waals surface area contributed by atoms with Crippen LogP contribution in [0.25, 0.3) is 0 Å². The van der Waals surface area contributed by atoms with E-state index in [4.69, 9.17) is 5.73 Å². The van der Waals surface area contributed by atoms with Crippen molar-refractivity contribution in [1.82, 2.24) is 15.1 Å². The molecule has 1 fully saturated rings. The highest BCUT2D eigenvalue weighted by Crippen LogP contribution is 2.27. The number of carbonyl (C=O) groups excluding carboxylic acids is 1. The van der Waals surface area contributed by atoms with E-state index in [2.05, 4.69) is 15.1 Å². The highest BCUT2D eigenvalue weighted by atomic mass is 16.3. The van der Waals surface area contributed by atoms with Gasteiger partial charge in [0.25, 0.3) is 5.91 Å². The summed E-state index contributed by atoms with van der Waals surface area (Å²) < 4.78 is 0. The molecule has 0 bridgehead atoms. The number of aromatic nitrogens is 2. The van der Waals surface area contributed by atoms with Crippen LogP contribution in [0, 0.1) is 0 Å². The Morgan fingerprint density at radius 1 is 1.24 bits per heavy atom. The minimum Gasteiger partial charge on any atom is -0.506 e. The molecule has 1 aliphatic heterocycles. The van der Waals surface area contributed by atoms with Crippen molar-refractivity contribution in [3.63, 3.8) is 0 Å². The lowest BCUT2D eigenvalue weighted by Gasteiger charge is -2.36. The lowest BCUT2D eigenvalue weighted by Crippen LogP contribution is -2.48. The summed E-state index contributed by atoms with van der Waals surface area (Å²) in [6.07, 6.45) is 0. The van der Waals surface area contributed by atoms with Crippen molar-refractivity contribution in [2.45, 2.75) is 0 Å². The van der Waals surface area contributed by atoms with Crippen LogP contribution in [0.5, 0.6) is 5.75 Å². The van der Waals surface area contributed by atoms with Gasteiger partial charge in [-0.05, 0) is 12.1 Å². The average Bonchev–Trinajstić information content (AvgIpc) is 2.94. The Labute approximate surface area is 122 Å². The number of aromatic amines is 1. The Morgan fingerprint density at radius 3 is 2.57 bits per heavy atom. The lowest BCUT2D eigenvalue weighted by atomic mass is 10.2. The van der Waals surface area contributed by atoms with Crippen LogP contribution in [-0.4, -0.2) is 52.3 Å². The molecule has 1 aromatic carbocycles. The molecule has 3 rings (SSSR count). The van der Waals surface area contributed by atoms with E-state index in [0.717, 1.165) is 5.69 Å². The molecule has 4 N–H and O–H groups in total. The SMILES string of the molecule is Nc1cc(C(=O)N2CCN(c3ccccc3O)CC2)[nH]n1. The van der Waals surface area contributed by atoms with Crippen molar-refractivity contribution in [3.8, 4) is 5.75 Å². The second-order valence-corrected chi connectivity index (χ2v) is 4.97. The van der Waals surface area contributed by atoms with Gasteiger partial charge in [-0.15, -0.1) is 0 Å². The smallest absolute Gasteiger partial charge is 0.272 e. The summed E-state index contributed by atoms with van der Waals surface area (Å²) in [5.74, 6) is 0.473. The number of nitrogen functional groups attached to an aromatic ring is 1. The Kier molecular flexibility index (Phi) is 3.39. The molecule has 0 saturated carbocycles. The molecule has 0 spiro atoms. The molecular weight excluding hydrogens is 270 g/mol. The number of H-pyrrole nitrogens is 1. The van der Waals surface area contributed by atoms with Gasteiger partial charge in [0.1, 0.15) is 17.3 Å². The summed E-state index contributed by atoms with van der Waals surface area (Å²) in [6.45, 7) is 2.53. The third-order valence-electron chi connectivity index (χ3n) is 3.62. The number of phenols is 1. The summed E-state index contributed by atoms with van der Waals surface area (Å²) in [6, 6.07) is 8.77. The molecule has 21 heavy (non-hydrogen) atoms. The predicted octanol–water partition coefficient (Wildman–Crippen LogP) is 0.660. The van der Waals surface area contributed by atoms with E-state index >= 15 is 0 Å². The zero-order chi connectivity index (χ0) is 14.8. The van der Waals surface area contributed by atoms with Gasteiger partial charge in [-0.25, -0.2) is 0 Å². The van der Waals surface area contributed by atoms with Gasteiger partial charge in [-0.1, -0.05) is 12.1 Å². The maximum atomic E-state index is 12.3. The van der Waals surface area contributed by atoms with E-state index in [0.29, 0.717) is 37.7 Å². The number of nitrogens with zero attached hydrogens (tertiary/aromatic N) is 3. The van der Waals surface area contributed by atoms with Crippen molar-refractivity contribution >= 4 is 17.4 Å². The van der Waals surface area contributed by atoms with Crippen LogP contribution in [0.4, 0.5) is 11.5 Å². The molecule has 0 aliphatic carbocycles. The molecule has 1 saturated heterocycles. The summed E-state index contributed by atoms with van der Waals surface area (Å²) in [4.78, 5) is 16.1. The zero-order valence-electron chi connectivity index (χ0n) is 11.5. The molecule has 110 valence electrons. The van der Waals surface area contributed by atoms with Crippen molar-refractivity contribution in [1.29, 1.82) is 0 Å². The van der Waals surface area contributed by atoms with Gasteiger partial charge in [0.15, 0.2) is 0 Å². The number of hydrogen-bond acceptors (Lipinski definition) is 5. The van der Waals surface area contributed by atoms with Gasteiger partial charge in [-0.2, -0.15) is 5.10 Å². The molecule has 7 nitrogen and oxygen atoms in total. The molecule has 1 amide bonds. The fourth-order valence-corrected chi connectivity index (χ4v) is 2.50. The van der Waals surface area contributed by atoms with Gasteiger partial charge < -0.3 is 20.6 Å². The number of nitrogens with two attached hydrogens (primary N) is 1. The Morgan fingerprint density at radius 2 is 1.95 bits per heavy atom. The fraction of sp³-hybridized carbons (Fsp3) is 0.286. The number of phenolic OH excluding ortho intramolecular Hbond substituents is 1. The number of amides is 1. The third-order valence-corrected chi connectivity index (χ3v) is 3.62. The quantitative estimate of drug-likeness (QED) is 0.753. The van der Waals surface area contributed by atoms with Crippen LogP contribution in [0.3, 0.4) is 0 Å². The first-order valence-electron chi connectivity index (χ1n) is 6.78. The maximum absolute atomic E-state index is 12.3. The van der Waals surface area contributed by atoms with E-state index in [1.54, 1.807) is 17.0 Å². The largest absolute Gasteiger partial charge is 0.506 e. The number of benzene rings is 1. The second kappa shape index (κ2) is 5.35. The van der Waals surface area contributed by atoms with Crippen LogP contribution in [0.15, 0.2) is 30.3 Å². The molecule has 1 aromatic heterocycles. The normalized spacial score (nSPS) is 15.2. The predicted molar refractivity (Wildman–Crippen MR) is 79.2 cm³/mol. The molecule has 7 heteroatoms. The van der Waals surface area contributed by atoms with Crippen LogP contribution in [0.1, 0.15) is 10.5 Å². The van der Waals surface area contributed by atoms with Crippen LogP contribution < -0.4 is 10.6 Å². The van der Waals surface area contributed by atoms with Crippen molar-refractivity contribution < 1.29 is 9.90 Å². The maximum Gasteiger partial charge on any atom is 0.272 e. The van der Waals surface area contributed by atoms with Crippen LogP contribution in [-0.2, 0) is 0 Å². The Hall–Kier alpha value is -2.70. The van der Waals surface area contributed by atoms with Crippen molar-refractivity contribution in [3.05, 3.63) is 36.0 Å². The van der Waals surface area contributed by atoms with Gasteiger partial charge in [0.2, 0.25) is 0 Å². The van der Waals surface area contributed by atoms with E-state index in [9.17, 15) is 9.90 Å². The van der Waals surface area contributed by atoms with Gasteiger partial charge >= 0.3 is 0 Å². The summed E-state index contributed by atoms with van der Waals surface area (Å²) >= 11 is 0. The number of anilines is 2. The minimum absolute atomic E-state index is 0.101. The first kappa shape index (κ1) is 13.3. The van der Waals surface area contributed by atoms with Crippen molar-refractivity contribution in [2.75, 3.05) is 36.8 Å². The van der Waals surface area contributed by atoms with Gasteiger partial charge in [0, 0.05) is 32.2 Å². The fourth-order valence-electron chi connectivity index (χ4n) is 2.50. The number of nitrogens with one attached hydrogen (secondary N) is 1. The molecule has 0 radical (unpaired) electrons. The summed E-state index contributed by atoms with van der Waals surface area (Å²) in [7, 11) is 0. The molecule has 0 atom stereocenters. The van der Waals surface area contributed by atoms with Crippen LogP contribution >= 0.6 is 0 Å². The molecule has 1 aliphatic rings. The standard InChI is InChI=1S/C14H17N5O2/c15-13-9-10(16-17-13)14(21)19-7-5-18(6-8-19)11-3-1-2-4-12(11)20/h1-4,9,20H,5-8H2,(H3,15,16,17). The Bertz CT molecular complexity index is 646. The van der Waals surface area contributed by atoms with Crippen LogP contribution in [0.2, 0.25) is 0 Å².